The van der Waals surface area contributed by atoms with Crippen LogP contribution >= 0.6 is 0 Å². The van der Waals surface area contributed by atoms with Gasteiger partial charge in [-0.25, -0.2) is 9.37 Å². The molecule has 1 atom stereocenters. The highest BCUT2D eigenvalue weighted by Gasteiger charge is 2.05. The molecule has 1 rings (SSSR count). The van der Waals surface area contributed by atoms with Gasteiger partial charge < -0.3 is 11.1 Å². The standard InChI is InChI=1S/C10H14FN3/c1-3-4-7(2)14-10-9(12)5-8(11)6-13-10/h3,5-7H,1,4,12H2,2H3,(H,13,14). The molecule has 0 saturated carbocycles. The minimum absolute atomic E-state index is 0.188. The maximum Gasteiger partial charge on any atom is 0.149 e. The van der Waals surface area contributed by atoms with Crippen LogP contribution in [0.4, 0.5) is 15.9 Å². The van der Waals surface area contributed by atoms with E-state index in [-0.39, 0.29) is 6.04 Å². The molecule has 4 heteroatoms. The summed E-state index contributed by atoms with van der Waals surface area (Å²) < 4.78 is 12.6. The van der Waals surface area contributed by atoms with Crippen molar-refractivity contribution in [3.8, 4) is 0 Å². The third kappa shape index (κ3) is 2.73. The molecule has 0 amide bonds. The van der Waals surface area contributed by atoms with Gasteiger partial charge in [0.2, 0.25) is 0 Å². The van der Waals surface area contributed by atoms with Gasteiger partial charge >= 0.3 is 0 Å². The van der Waals surface area contributed by atoms with Crippen LogP contribution in [0.3, 0.4) is 0 Å². The van der Waals surface area contributed by atoms with E-state index in [0.717, 1.165) is 12.6 Å². The zero-order valence-corrected chi connectivity index (χ0v) is 8.13. The molecule has 14 heavy (non-hydrogen) atoms. The Hall–Kier alpha value is -1.58. The second kappa shape index (κ2) is 4.60. The number of hydrogen-bond acceptors (Lipinski definition) is 3. The van der Waals surface area contributed by atoms with Crippen LogP contribution in [0.1, 0.15) is 13.3 Å². The smallest absolute Gasteiger partial charge is 0.149 e. The van der Waals surface area contributed by atoms with E-state index in [1.807, 2.05) is 6.92 Å². The van der Waals surface area contributed by atoms with Gasteiger partial charge in [0.05, 0.1) is 11.9 Å². The number of aromatic nitrogens is 1. The van der Waals surface area contributed by atoms with Crippen LogP contribution in [0.2, 0.25) is 0 Å². The molecule has 3 nitrogen and oxygen atoms in total. The maximum atomic E-state index is 12.6. The number of nitrogens with one attached hydrogen (secondary N) is 1. The van der Waals surface area contributed by atoms with Crippen molar-refractivity contribution in [3.05, 3.63) is 30.7 Å². The largest absolute Gasteiger partial charge is 0.396 e. The van der Waals surface area contributed by atoms with E-state index in [9.17, 15) is 4.39 Å². The third-order valence-electron chi connectivity index (χ3n) is 1.79. The van der Waals surface area contributed by atoms with Crippen molar-refractivity contribution >= 4 is 11.5 Å². The van der Waals surface area contributed by atoms with Crippen LogP contribution in [-0.4, -0.2) is 11.0 Å². The second-order valence-electron chi connectivity index (χ2n) is 3.16. The molecule has 1 unspecified atom stereocenters. The van der Waals surface area contributed by atoms with Crippen LogP contribution in [0.15, 0.2) is 24.9 Å². The molecule has 0 aliphatic carbocycles. The van der Waals surface area contributed by atoms with Crippen LogP contribution in [-0.2, 0) is 0 Å². The van der Waals surface area contributed by atoms with E-state index in [1.54, 1.807) is 6.08 Å². The van der Waals surface area contributed by atoms with Crippen molar-refractivity contribution in [2.45, 2.75) is 19.4 Å². The van der Waals surface area contributed by atoms with Gasteiger partial charge in [0.15, 0.2) is 0 Å². The Balaban J connectivity index is 2.71. The number of hydrogen-bond donors (Lipinski definition) is 2. The lowest BCUT2D eigenvalue weighted by molar-refractivity contribution is 0.622. The summed E-state index contributed by atoms with van der Waals surface area (Å²) in [5, 5.41) is 3.06. The average molecular weight is 195 g/mol. The molecule has 0 saturated heterocycles. The molecular formula is C10H14FN3. The highest BCUT2D eigenvalue weighted by molar-refractivity contribution is 5.60. The molecule has 76 valence electrons. The fourth-order valence-corrected chi connectivity index (χ4v) is 1.12. The summed E-state index contributed by atoms with van der Waals surface area (Å²) in [6.45, 7) is 5.61. The predicted octanol–water partition coefficient (Wildman–Crippen LogP) is 2.18. The Kier molecular flexibility index (Phi) is 3.45. The monoisotopic (exact) mass is 195 g/mol. The maximum absolute atomic E-state index is 12.6. The minimum atomic E-state index is -0.426. The van der Waals surface area contributed by atoms with Crippen molar-refractivity contribution in [1.29, 1.82) is 0 Å². The Morgan fingerprint density at radius 2 is 2.50 bits per heavy atom. The molecule has 0 aromatic carbocycles. The summed E-state index contributed by atoms with van der Waals surface area (Å²) in [6, 6.07) is 1.43. The Bertz CT molecular complexity index is 325. The van der Waals surface area contributed by atoms with Crippen LogP contribution < -0.4 is 11.1 Å². The normalized spacial score (nSPS) is 12.1. The van der Waals surface area contributed by atoms with E-state index in [1.165, 1.54) is 6.07 Å². The van der Waals surface area contributed by atoms with E-state index >= 15 is 0 Å². The van der Waals surface area contributed by atoms with Gasteiger partial charge in [0, 0.05) is 12.1 Å². The number of nitrogens with zero attached hydrogens (tertiary/aromatic N) is 1. The molecule has 0 radical (unpaired) electrons. The number of anilines is 2. The van der Waals surface area contributed by atoms with Gasteiger partial charge in [-0.3, -0.25) is 0 Å². The van der Waals surface area contributed by atoms with E-state index in [0.29, 0.717) is 11.5 Å². The first-order chi connectivity index (χ1) is 6.63. The third-order valence-corrected chi connectivity index (χ3v) is 1.79. The van der Waals surface area contributed by atoms with E-state index in [2.05, 4.69) is 16.9 Å². The van der Waals surface area contributed by atoms with Gasteiger partial charge in [-0.05, 0) is 13.3 Å². The Morgan fingerprint density at radius 1 is 1.79 bits per heavy atom. The van der Waals surface area contributed by atoms with Crippen molar-refractivity contribution in [1.82, 2.24) is 4.98 Å². The molecule has 0 bridgehead atoms. The molecule has 0 aliphatic rings. The topological polar surface area (TPSA) is 50.9 Å². The van der Waals surface area contributed by atoms with Crippen molar-refractivity contribution < 1.29 is 4.39 Å². The Morgan fingerprint density at radius 3 is 3.07 bits per heavy atom. The quantitative estimate of drug-likeness (QED) is 0.724. The summed E-state index contributed by atoms with van der Waals surface area (Å²) in [5.74, 6) is 0.0881. The number of halogens is 1. The average Bonchev–Trinajstić information content (AvgIpc) is 2.10. The number of pyridine rings is 1. The first-order valence-electron chi connectivity index (χ1n) is 4.42. The predicted molar refractivity (Wildman–Crippen MR) is 56.5 cm³/mol. The molecule has 0 spiro atoms. The van der Waals surface area contributed by atoms with Gasteiger partial charge in [-0.2, -0.15) is 0 Å². The molecule has 1 heterocycles. The SMILES string of the molecule is C=CCC(C)Nc1ncc(F)cc1N. The van der Waals surface area contributed by atoms with Gasteiger partial charge in [-0.1, -0.05) is 6.08 Å². The highest BCUT2D eigenvalue weighted by Crippen LogP contribution is 2.16. The van der Waals surface area contributed by atoms with Gasteiger partial charge in [-0.15, -0.1) is 6.58 Å². The van der Waals surface area contributed by atoms with Gasteiger partial charge in [0.1, 0.15) is 11.6 Å². The number of rotatable bonds is 4. The molecule has 0 fully saturated rings. The molecular weight excluding hydrogens is 181 g/mol. The lowest BCUT2D eigenvalue weighted by Gasteiger charge is -2.13. The van der Waals surface area contributed by atoms with E-state index < -0.39 is 5.82 Å². The zero-order valence-electron chi connectivity index (χ0n) is 8.13. The van der Waals surface area contributed by atoms with Crippen molar-refractivity contribution in [3.63, 3.8) is 0 Å². The lowest BCUT2D eigenvalue weighted by Crippen LogP contribution is -2.16. The molecule has 0 aliphatic heterocycles. The zero-order chi connectivity index (χ0) is 10.6. The number of nitrogen functional groups attached to an aromatic ring is 1. The summed E-state index contributed by atoms with van der Waals surface area (Å²) in [4.78, 5) is 3.85. The summed E-state index contributed by atoms with van der Waals surface area (Å²) in [5.41, 5.74) is 5.90. The molecule has 1 aromatic rings. The minimum Gasteiger partial charge on any atom is -0.396 e. The molecule has 3 N–H and O–H groups in total. The summed E-state index contributed by atoms with van der Waals surface area (Å²) in [6.07, 6.45) is 3.75. The van der Waals surface area contributed by atoms with Crippen molar-refractivity contribution in [2.24, 2.45) is 0 Å². The Labute approximate surface area is 82.8 Å². The van der Waals surface area contributed by atoms with Crippen LogP contribution in [0, 0.1) is 5.82 Å². The first kappa shape index (κ1) is 10.5. The van der Waals surface area contributed by atoms with Crippen LogP contribution in [0.25, 0.3) is 0 Å². The number of nitrogens with two attached hydrogens (primary N) is 1. The van der Waals surface area contributed by atoms with Crippen molar-refractivity contribution in [2.75, 3.05) is 11.1 Å². The molecule has 1 aromatic heterocycles. The first-order valence-corrected chi connectivity index (χ1v) is 4.42. The highest BCUT2D eigenvalue weighted by atomic mass is 19.1. The van der Waals surface area contributed by atoms with E-state index in [4.69, 9.17) is 5.73 Å². The fraction of sp³-hybridized carbons (Fsp3) is 0.300. The summed E-state index contributed by atoms with van der Waals surface area (Å²) in [7, 11) is 0. The fourth-order valence-electron chi connectivity index (χ4n) is 1.12. The van der Waals surface area contributed by atoms with Crippen LogP contribution in [0.5, 0.6) is 0 Å². The summed E-state index contributed by atoms with van der Waals surface area (Å²) >= 11 is 0. The second-order valence-corrected chi connectivity index (χ2v) is 3.16. The lowest BCUT2D eigenvalue weighted by atomic mass is 10.2. The van der Waals surface area contributed by atoms with Gasteiger partial charge in [0.25, 0.3) is 0 Å².